The van der Waals surface area contributed by atoms with Crippen LogP contribution in [0.25, 0.3) is 0 Å². The maximum atomic E-state index is 13.2. The number of hydrogen-bond acceptors (Lipinski definition) is 16. The molecular weight excluding hydrogens is 1420 g/mol. The zero-order valence-corrected chi connectivity index (χ0v) is 65.9. The molecule has 0 atom stereocenters. The van der Waals surface area contributed by atoms with E-state index in [9.17, 15) is 38.4 Å². The summed E-state index contributed by atoms with van der Waals surface area (Å²) in [5.74, 6) is -2.46. The second kappa shape index (κ2) is 37.6. The Bertz CT molecular complexity index is 5190. The molecule has 8 aromatic carbocycles. The summed E-state index contributed by atoms with van der Waals surface area (Å²) in [6, 6.07) is 54.7. The van der Waals surface area contributed by atoms with E-state index in [0.29, 0.717) is 73.0 Å². The summed E-state index contributed by atoms with van der Waals surface area (Å²) < 4.78 is 0. The number of nitrogens with one attached hydrogen (secondary N) is 5. The monoisotopic (exact) mass is 1510 g/mol. The van der Waals surface area contributed by atoms with Crippen molar-refractivity contribution in [2.24, 2.45) is 15.0 Å². The van der Waals surface area contributed by atoms with Crippen LogP contribution in [0, 0.1) is 20.8 Å². The van der Waals surface area contributed by atoms with Gasteiger partial charge in [0.25, 0.3) is 11.8 Å². The van der Waals surface area contributed by atoms with Crippen molar-refractivity contribution in [1.29, 1.82) is 0 Å². The second-order valence-electron chi connectivity index (χ2n) is 26.0. The van der Waals surface area contributed by atoms with E-state index in [4.69, 9.17) is 33.2 Å². The highest BCUT2D eigenvalue weighted by Gasteiger charge is 2.35. The molecule has 0 radical (unpaired) electrons. The van der Waals surface area contributed by atoms with Gasteiger partial charge in [-0.25, -0.2) is 15.0 Å². The molecule has 110 heavy (non-hydrogen) atoms. The molecule has 0 heterocycles. The molecule has 0 fully saturated rings. The van der Waals surface area contributed by atoms with E-state index in [-0.39, 0.29) is 56.2 Å². The summed E-state index contributed by atoms with van der Waals surface area (Å²) in [7, 11) is 3.27. The van der Waals surface area contributed by atoms with Crippen LogP contribution >= 0.6 is 23.2 Å². The lowest BCUT2D eigenvalue weighted by Crippen LogP contribution is -2.31. The molecule has 21 heteroatoms. The molecule has 3 amide bonds. The number of aryl methyl sites for hydroxylation is 3. The number of Topliss-reactive ketones (excluding diaryl/α,β-unsaturated/α-hetero) is 3. The van der Waals surface area contributed by atoms with E-state index in [1.165, 1.54) is 14.0 Å². The minimum absolute atomic E-state index is 0.0574. The van der Waals surface area contributed by atoms with Crippen LogP contribution in [-0.4, -0.2) is 117 Å². The third-order valence-electron chi connectivity index (χ3n) is 18.9. The Kier molecular flexibility index (Phi) is 28.0. The van der Waals surface area contributed by atoms with E-state index < -0.39 is 17.5 Å². The number of amides is 3. The molecular formula is C89H91Cl2N11O8. The summed E-state index contributed by atoms with van der Waals surface area (Å²) in [6.45, 7) is 29.2. The van der Waals surface area contributed by atoms with Gasteiger partial charge < -0.3 is 41.3 Å². The lowest BCUT2D eigenvalue weighted by molar-refractivity contribution is -0.120. The van der Waals surface area contributed by atoms with Crippen LogP contribution in [0.15, 0.2) is 247 Å². The SMILES string of the molecule is CCN(CC)c1ccc(N=C2C=C(C(=O)NC)C(=O)c3ccccc32)cc1.CCN(CC)c1ccc(N=C2C=C(NC(=O)c3ccccc3)C(=O)C(Cl)=C2C)c(C)c1.CCN(CC)c1ccc(N=C2C=C(NC(C)=O)C(=O)C(Cl)=C2C)c(C)c1.CNc1ccc(Nc2cccc(C)c2)c2c1C(=O)c1ccccc1C2=O. The Balaban J connectivity index is 0.000000169. The molecule has 8 aromatic rings. The van der Waals surface area contributed by atoms with Crippen molar-refractivity contribution in [1.82, 2.24) is 16.0 Å². The number of aliphatic imine (C=N–C) groups is 3. The molecule has 0 aromatic heterocycles. The number of likely N-dealkylation sites (N-methyl/N-ethyl adjacent to an activating group) is 1. The van der Waals surface area contributed by atoms with Gasteiger partial charge in [0.15, 0.2) is 17.3 Å². The van der Waals surface area contributed by atoms with Crippen molar-refractivity contribution in [3.8, 4) is 0 Å². The molecule has 4 aliphatic carbocycles. The molecule has 12 rings (SSSR count). The van der Waals surface area contributed by atoms with E-state index in [1.807, 2.05) is 124 Å². The fourth-order valence-electron chi connectivity index (χ4n) is 12.8. The Morgan fingerprint density at radius 3 is 1.33 bits per heavy atom. The summed E-state index contributed by atoms with van der Waals surface area (Å²) in [5, 5.41) is 14.2. The topological polar surface area (TPSA) is 244 Å². The number of nitrogens with zero attached hydrogens (tertiary/aromatic N) is 6. The number of rotatable bonds is 19. The quantitative estimate of drug-likeness (QED) is 0.0374. The van der Waals surface area contributed by atoms with Gasteiger partial charge >= 0.3 is 0 Å². The van der Waals surface area contributed by atoms with Crippen LogP contribution in [0.2, 0.25) is 0 Å². The summed E-state index contributed by atoms with van der Waals surface area (Å²) in [4.78, 5) is 121. The molecule has 5 N–H and O–H groups in total. The van der Waals surface area contributed by atoms with Crippen molar-refractivity contribution in [3.05, 3.63) is 288 Å². The maximum Gasteiger partial charge on any atom is 0.255 e. The number of ketones is 5. The van der Waals surface area contributed by atoms with E-state index in [2.05, 4.69) is 100.0 Å². The van der Waals surface area contributed by atoms with Crippen molar-refractivity contribution in [3.63, 3.8) is 0 Å². The molecule has 19 nitrogen and oxygen atoms in total. The van der Waals surface area contributed by atoms with Gasteiger partial charge in [-0.15, -0.1) is 0 Å². The van der Waals surface area contributed by atoms with Crippen molar-refractivity contribution >= 4 is 138 Å². The van der Waals surface area contributed by atoms with Crippen LogP contribution in [0.5, 0.6) is 0 Å². The molecule has 0 bridgehead atoms. The second-order valence-corrected chi connectivity index (χ2v) is 26.7. The van der Waals surface area contributed by atoms with Gasteiger partial charge in [-0.1, -0.05) is 102 Å². The Morgan fingerprint density at radius 2 is 0.864 bits per heavy atom. The van der Waals surface area contributed by atoms with Crippen LogP contribution in [-0.2, 0) is 19.2 Å². The molecule has 0 saturated heterocycles. The summed E-state index contributed by atoms with van der Waals surface area (Å²) in [5.41, 5.74) is 17.8. The number of hydrogen-bond donors (Lipinski definition) is 5. The smallest absolute Gasteiger partial charge is 0.255 e. The highest BCUT2D eigenvalue weighted by molar-refractivity contribution is 6.50. The molecule has 4 aliphatic rings. The number of allylic oxidation sites excluding steroid dienone is 7. The number of halogens is 2. The first-order valence-corrected chi connectivity index (χ1v) is 37.2. The van der Waals surface area contributed by atoms with Crippen molar-refractivity contribution in [2.75, 3.05) is 78.7 Å². The Hall–Kier alpha value is -12.2. The first-order chi connectivity index (χ1) is 52.8. The minimum atomic E-state index is -0.420. The highest BCUT2D eigenvalue weighted by Crippen LogP contribution is 2.39. The van der Waals surface area contributed by atoms with Gasteiger partial charge in [0.05, 0.1) is 78.0 Å². The third kappa shape index (κ3) is 19.0. The van der Waals surface area contributed by atoms with E-state index in [1.54, 1.807) is 99.8 Å². The average Bonchev–Trinajstić information content (AvgIpc) is 0.741. The number of carbonyl (C=O) groups excluding carboxylic acids is 8. The summed E-state index contributed by atoms with van der Waals surface area (Å²) in [6.07, 6.45) is 4.73. The highest BCUT2D eigenvalue weighted by atomic mass is 35.5. The van der Waals surface area contributed by atoms with Crippen LogP contribution in [0.3, 0.4) is 0 Å². The average molecular weight is 1510 g/mol. The number of anilines is 6. The molecule has 0 aliphatic heterocycles. The fraction of sp³-hybridized carbons (Fsp3) is 0.225. The molecule has 0 saturated carbocycles. The Labute approximate surface area is 653 Å². The predicted octanol–water partition coefficient (Wildman–Crippen LogP) is 17.4. The fourth-order valence-corrected chi connectivity index (χ4v) is 13.2. The molecule has 0 unspecified atom stereocenters. The maximum absolute atomic E-state index is 13.2. The molecule has 0 spiro atoms. The standard InChI is InChI=1S/C25H26ClN3O2.C22H23N3O2.C22H18N2O2.C20H24ClN3O2/c1-5-29(6-2)19-12-13-20(16(3)14-19)27-21-15-22(24(30)23(26)17(21)4)28-25(31)18-10-8-7-9-11-18;1-4-25(5-2)16-12-10-15(11-13-16)24-20-14-19(22(27)23-3)21(26)18-9-7-6-8-17(18)20;1-13-6-5-7-14(12-13)24-18-11-10-17(23-2)19-20(18)22(26)16-9-4-3-8-15(16)21(19)25;1-6-24(7-2)15-8-9-16(12(3)10-15)23-17-11-18(22-14(5)25)20(26)19(21)13(17)4/h7-15H,5-6H2,1-4H3,(H,28,31);6-14H,4-5H2,1-3H3,(H,23,27);3-12,23-24H,1-2H3;8-11H,6-7H2,1-5H3,(H,22,25). The predicted molar refractivity (Wildman–Crippen MR) is 448 cm³/mol. The van der Waals surface area contributed by atoms with Crippen LogP contribution in [0.4, 0.5) is 51.2 Å². The number of benzene rings is 8. The van der Waals surface area contributed by atoms with Gasteiger partial charge in [-0.3, -0.25) is 38.4 Å². The molecule has 564 valence electrons. The van der Waals surface area contributed by atoms with Gasteiger partial charge in [-0.2, -0.15) is 0 Å². The van der Waals surface area contributed by atoms with Crippen molar-refractivity contribution < 1.29 is 38.4 Å². The minimum Gasteiger partial charge on any atom is -0.388 e. The lowest BCUT2D eigenvalue weighted by atomic mass is 9.82. The van der Waals surface area contributed by atoms with Crippen LogP contribution in [0.1, 0.15) is 137 Å². The number of carbonyl (C=O) groups is 8. The van der Waals surface area contributed by atoms with E-state index >= 15 is 0 Å². The van der Waals surface area contributed by atoms with E-state index in [0.717, 1.165) is 101 Å². The Morgan fingerprint density at radius 1 is 0.418 bits per heavy atom. The zero-order chi connectivity index (χ0) is 79.6. The van der Waals surface area contributed by atoms with Gasteiger partial charge in [-0.05, 0) is 219 Å². The normalized spacial score (nSPS) is 14.6. The first kappa shape index (κ1) is 81.9. The van der Waals surface area contributed by atoms with Crippen molar-refractivity contribution in [2.45, 2.75) is 83.1 Å². The van der Waals surface area contributed by atoms with Gasteiger partial charge in [0, 0.05) is 117 Å². The van der Waals surface area contributed by atoms with Crippen LogP contribution < -0.4 is 41.3 Å². The zero-order valence-electron chi connectivity index (χ0n) is 64.4. The van der Waals surface area contributed by atoms with Gasteiger partial charge in [0.2, 0.25) is 17.5 Å². The third-order valence-corrected chi connectivity index (χ3v) is 19.8. The first-order valence-electron chi connectivity index (χ1n) is 36.5. The van der Waals surface area contributed by atoms with Gasteiger partial charge in [0.1, 0.15) is 0 Å². The number of fused-ring (bicyclic) bond motifs is 3. The lowest BCUT2D eigenvalue weighted by Gasteiger charge is -2.23. The summed E-state index contributed by atoms with van der Waals surface area (Å²) >= 11 is 12.4. The largest absolute Gasteiger partial charge is 0.388 e.